The van der Waals surface area contributed by atoms with Gasteiger partial charge in [-0.15, -0.1) is 0 Å². The van der Waals surface area contributed by atoms with Crippen molar-refractivity contribution < 1.29 is 4.74 Å². The second-order valence-corrected chi connectivity index (χ2v) is 4.66. The molecule has 3 nitrogen and oxygen atoms in total. The van der Waals surface area contributed by atoms with Gasteiger partial charge < -0.3 is 15.4 Å². The molecule has 0 aliphatic carbocycles. The van der Waals surface area contributed by atoms with Crippen LogP contribution in [0.25, 0.3) is 6.08 Å². The quantitative estimate of drug-likeness (QED) is 0.862. The standard InChI is InChI=1S/C14H20N2O/c1-10-12(13(9-15)16(2)3)8-11-6-4-5-7-14(11)17-10/h4-8,10,13H,9,15H2,1-3H3. The number of rotatable bonds is 3. The Balaban J connectivity index is 2.38. The number of para-hydroxylation sites is 1. The van der Waals surface area contributed by atoms with Crippen molar-refractivity contribution in [3.63, 3.8) is 0 Å². The molecule has 0 radical (unpaired) electrons. The molecule has 1 aliphatic heterocycles. The number of hydrogen-bond donors (Lipinski definition) is 1. The molecule has 3 heteroatoms. The summed E-state index contributed by atoms with van der Waals surface area (Å²) in [4.78, 5) is 2.14. The number of fused-ring (bicyclic) bond motifs is 1. The lowest BCUT2D eigenvalue weighted by molar-refractivity contribution is 0.218. The highest BCUT2D eigenvalue weighted by atomic mass is 16.5. The van der Waals surface area contributed by atoms with Gasteiger partial charge in [-0.3, -0.25) is 0 Å². The number of nitrogens with two attached hydrogens (primary N) is 1. The predicted molar refractivity (Wildman–Crippen MR) is 71.0 cm³/mol. The maximum absolute atomic E-state index is 5.93. The van der Waals surface area contributed by atoms with Gasteiger partial charge in [-0.05, 0) is 38.7 Å². The summed E-state index contributed by atoms with van der Waals surface area (Å²) in [6.45, 7) is 2.68. The van der Waals surface area contributed by atoms with Gasteiger partial charge >= 0.3 is 0 Å². The number of nitrogens with zero attached hydrogens (tertiary/aromatic N) is 1. The first-order chi connectivity index (χ1) is 8.13. The third kappa shape index (κ3) is 2.35. The van der Waals surface area contributed by atoms with Crippen LogP contribution in [0.15, 0.2) is 29.8 Å². The van der Waals surface area contributed by atoms with E-state index < -0.39 is 0 Å². The molecule has 2 rings (SSSR count). The highest BCUT2D eigenvalue weighted by molar-refractivity contribution is 5.63. The molecule has 2 atom stereocenters. The molecule has 0 saturated heterocycles. The minimum absolute atomic E-state index is 0.0841. The van der Waals surface area contributed by atoms with Gasteiger partial charge in [0, 0.05) is 18.2 Å². The largest absolute Gasteiger partial charge is 0.486 e. The average molecular weight is 232 g/mol. The Bertz CT molecular complexity index is 426. The van der Waals surface area contributed by atoms with Crippen LogP contribution in [0.5, 0.6) is 5.75 Å². The number of hydrogen-bond acceptors (Lipinski definition) is 3. The van der Waals surface area contributed by atoms with Gasteiger partial charge in [-0.25, -0.2) is 0 Å². The van der Waals surface area contributed by atoms with E-state index in [0.29, 0.717) is 6.54 Å². The maximum Gasteiger partial charge on any atom is 0.127 e. The first-order valence-corrected chi connectivity index (χ1v) is 5.97. The molecule has 0 spiro atoms. The van der Waals surface area contributed by atoms with E-state index in [-0.39, 0.29) is 12.1 Å². The zero-order valence-corrected chi connectivity index (χ0v) is 10.7. The van der Waals surface area contributed by atoms with Crippen LogP contribution in [0, 0.1) is 0 Å². The summed E-state index contributed by atoms with van der Waals surface area (Å²) in [5, 5.41) is 0. The molecular weight excluding hydrogens is 212 g/mol. The second kappa shape index (κ2) is 4.90. The molecule has 0 amide bonds. The highest BCUT2D eigenvalue weighted by Gasteiger charge is 2.25. The molecule has 2 N–H and O–H groups in total. The third-order valence-electron chi connectivity index (χ3n) is 3.25. The first-order valence-electron chi connectivity index (χ1n) is 5.97. The van der Waals surface area contributed by atoms with Crippen molar-refractivity contribution in [3.05, 3.63) is 35.4 Å². The van der Waals surface area contributed by atoms with Gasteiger partial charge in [0.15, 0.2) is 0 Å². The van der Waals surface area contributed by atoms with Crippen LogP contribution in [0.4, 0.5) is 0 Å². The Morgan fingerprint density at radius 3 is 2.71 bits per heavy atom. The summed E-state index contributed by atoms with van der Waals surface area (Å²) >= 11 is 0. The zero-order chi connectivity index (χ0) is 12.4. The van der Waals surface area contributed by atoms with E-state index in [9.17, 15) is 0 Å². The van der Waals surface area contributed by atoms with E-state index in [2.05, 4.69) is 24.0 Å². The van der Waals surface area contributed by atoms with Gasteiger partial charge in [0.1, 0.15) is 11.9 Å². The molecule has 0 saturated carbocycles. The summed E-state index contributed by atoms with van der Waals surface area (Å²) < 4.78 is 5.93. The van der Waals surface area contributed by atoms with Crippen molar-refractivity contribution in [2.45, 2.75) is 19.1 Å². The second-order valence-electron chi connectivity index (χ2n) is 4.66. The fourth-order valence-electron chi connectivity index (χ4n) is 2.27. The number of likely N-dealkylation sites (N-methyl/N-ethyl adjacent to an activating group) is 1. The van der Waals surface area contributed by atoms with Crippen LogP contribution in [0.3, 0.4) is 0 Å². The molecule has 17 heavy (non-hydrogen) atoms. The summed E-state index contributed by atoms with van der Waals surface area (Å²) in [6, 6.07) is 8.34. The fourth-order valence-corrected chi connectivity index (χ4v) is 2.27. The molecule has 2 unspecified atom stereocenters. The van der Waals surface area contributed by atoms with Crippen molar-refractivity contribution in [2.24, 2.45) is 5.73 Å². The fraction of sp³-hybridized carbons (Fsp3) is 0.429. The first kappa shape index (κ1) is 12.1. The lowest BCUT2D eigenvalue weighted by Crippen LogP contribution is -2.41. The van der Waals surface area contributed by atoms with E-state index in [1.807, 2.05) is 32.3 Å². The molecular formula is C14H20N2O. The SMILES string of the molecule is CC1Oc2ccccc2C=C1C(CN)N(C)C. The summed E-state index contributed by atoms with van der Waals surface area (Å²) in [7, 11) is 4.09. The van der Waals surface area contributed by atoms with Gasteiger partial charge in [-0.1, -0.05) is 18.2 Å². The maximum atomic E-state index is 5.93. The van der Waals surface area contributed by atoms with Crippen LogP contribution in [0.1, 0.15) is 12.5 Å². The van der Waals surface area contributed by atoms with Gasteiger partial charge in [0.05, 0.1) is 0 Å². The number of ether oxygens (including phenoxy) is 1. The molecule has 1 heterocycles. The minimum atomic E-state index is 0.0841. The van der Waals surface area contributed by atoms with Gasteiger partial charge in [0.25, 0.3) is 0 Å². The Labute approximate surface area is 103 Å². The van der Waals surface area contributed by atoms with Crippen molar-refractivity contribution in [1.82, 2.24) is 4.90 Å². The third-order valence-corrected chi connectivity index (χ3v) is 3.25. The molecule has 0 bridgehead atoms. The van der Waals surface area contributed by atoms with E-state index >= 15 is 0 Å². The molecule has 0 fully saturated rings. The van der Waals surface area contributed by atoms with Crippen molar-refractivity contribution in [3.8, 4) is 5.75 Å². The topological polar surface area (TPSA) is 38.5 Å². The lowest BCUT2D eigenvalue weighted by atomic mass is 9.95. The Kier molecular flexibility index (Phi) is 3.50. The highest BCUT2D eigenvalue weighted by Crippen LogP contribution is 2.31. The predicted octanol–water partition coefficient (Wildman–Crippen LogP) is 1.74. The Hall–Kier alpha value is -1.32. The monoisotopic (exact) mass is 232 g/mol. The van der Waals surface area contributed by atoms with E-state index in [1.165, 1.54) is 5.57 Å². The Morgan fingerprint density at radius 2 is 2.06 bits per heavy atom. The summed E-state index contributed by atoms with van der Waals surface area (Å²) in [5.41, 5.74) is 8.23. The average Bonchev–Trinajstić information content (AvgIpc) is 2.30. The molecule has 1 aromatic rings. The molecule has 1 aliphatic rings. The van der Waals surface area contributed by atoms with Crippen LogP contribution < -0.4 is 10.5 Å². The van der Waals surface area contributed by atoms with Gasteiger partial charge in [0.2, 0.25) is 0 Å². The molecule has 0 aromatic heterocycles. The zero-order valence-electron chi connectivity index (χ0n) is 10.7. The summed E-state index contributed by atoms with van der Waals surface area (Å²) in [5.74, 6) is 0.957. The minimum Gasteiger partial charge on any atom is -0.486 e. The van der Waals surface area contributed by atoms with E-state index in [4.69, 9.17) is 10.5 Å². The van der Waals surface area contributed by atoms with Gasteiger partial charge in [-0.2, -0.15) is 0 Å². The molecule has 1 aromatic carbocycles. The normalized spacial score (nSPS) is 20.5. The van der Waals surface area contributed by atoms with Crippen LogP contribution in [-0.4, -0.2) is 37.7 Å². The Morgan fingerprint density at radius 1 is 1.35 bits per heavy atom. The smallest absolute Gasteiger partial charge is 0.127 e. The van der Waals surface area contributed by atoms with Crippen molar-refractivity contribution in [2.75, 3.05) is 20.6 Å². The number of benzene rings is 1. The van der Waals surface area contributed by atoms with E-state index in [1.54, 1.807) is 0 Å². The summed E-state index contributed by atoms with van der Waals surface area (Å²) in [6.07, 6.45) is 2.29. The van der Waals surface area contributed by atoms with E-state index in [0.717, 1.165) is 11.3 Å². The molecule has 92 valence electrons. The van der Waals surface area contributed by atoms with Crippen molar-refractivity contribution >= 4 is 6.08 Å². The van der Waals surface area contributed by atoms with Crippen LogP contribution in [-0.2, 0) is 0 Å². The van der Waals surface area contributed by atoms with Crippen molar-refractivity contribution in [1.29, 1.82) is 0 Å². The van der Waals surface area contributed by atoms with Crippen LogP contribution >= 0.6 is 0 Å². The van der Waals surface area contributed by atoms with Crippen LogP contribution in [0.2, 0.25) is 0 Å². The lowest BCUT2D eigenvalue weighted by Gasteiger charge is -2.32.